The maximum absolute atomic E-state index is 13.8. The first-order chi connectivity index (χ1) is 21.2. The maximum Gasteiger partial charge on any atom is 0.408 e. The van der Waals surface area contributed by atoms with Crippen LogP contribution in [0.1, 0.15) is 107 Å². The van der Waals surface area contributed by atoms with Gasteiger partial charge in [-0.2, -0.15) is 13.2 Å². The molecule has 0 aromatic rings. The lowest BCUT2D eigenvalue weighted by Crippen LogP contribution is -2.59. The van der Waals surface area contributed by atoms with Crippen molar-refractivity contribution < 1.29 is 31.7 Å². The summed E-state index contributed by atoms with van der Waals surface area (Å²) in [6, 6.07) is 0. The molecule has 0 aliphatic heterocycles. The van der Waals surface area contributed by atoms with Crippen LogP contribution in [-0.2, 0) is 18.5 Å². The van der Waals surface area contributed by atoms with Gasteiger partial charge in [-0.15, -0.1) is 0 Å². The van der Waals surface area contributed by atoms with Gasteiger partial charge in [0.05, 0.1) is 6.10 Å². The van der Waals surface area contributed by atoms with E-state index in [1.807, 2.05) is 0 Å². The Morgan fingerprint density at radius 3 is 2.17 bits per heavy atom. The summed E-state index contributed by atoms with van der Waals surface area (Å²) in [5.41, 5.74) is 4.72. The predicted octanol–water partition coefficient (Wildman–Crippen LogP) is 11.2. The van der Waals surface area contributed by atoms with E-state index in [0.717, 1.165) is 43.8 Å². The van der Waals surface area contributed by atoms with Crippen molar-refractivity contribution in [2.45, 2.75) is 162 Å². The molecule has 3 aliphatic rings. The summed E-state index contributed by atoms with van der Waals surface area (Å²) < 4.78 is 55.4. The molecular weight excluding hydrogens is 636 g/mol. The van der Waals surface area contributed by atoms with Gasteiger partial charge in [0.1, 0.15) is 6.54 Å². The fourth-order valence-corrected chi connectivity index (χ4v) is 9.64. The monoisotopic (exact) mass is 697 g/mol. The second kappa shape index (κ2) is 13.7. The van der Waals surface area contributed by atoms with Crippen LogP contribution in [0.5, 0.6) is 0 Å². The molecule has 2 fully saturated rings. The first-order valence-corrected chi connectivity index (χ1v) is 23.2. The molecule has 0 heterocycles. The largest absolute Gasteiger partial charge is 0.410 e. The second-order valence-corrected chi connectivity index (χ2v) is 26.9. The number of nitrogens with zero attached hydrogens (tertiary/aromatic N) is 1. The topological polar surface area (TPSA) is 48.0 Å². The zero-order valence-electron chi connectivity index (χ0n) is 31.5. The Morgan fingerprint density at radius 1 is 1.06 bits per heavy atom. The molecule has 0 aromatic carbocycles. The molecule has 0 unspecified atom stereocenters. The van der Waals surface area contributed by atoms with Gasteiger partial charge in [-0.05, 0) is 90.8 Å². The third kappa shape index (κ3) is 9.02. The van der Waals surface area contributed by atoms with Gasteiger partial charge in [0.25, 0.3) is 0 Å². The molecule has 0 radical (unpaired) electrons. The van der Waals surface area contributed by atoms with Gasteiger partial charge in [-0.3, -0.25) is 4.79 Å². The highest BCUT2D eigenvalue weighted by Crippen LogP contribution is 2.56. The molecule has 4 atom stereocenters. The average Bonchev–Trinajstić information content (AvgIpc) is 3.23. The number of carbonyl (C=O) groups is 1. The Labute approximate surface area is 285 Å². The van der Waals surface area contributed by atoms with Crippen LogP contribution < -0.4 is 0 Å². The maximum atomic E-state index is 13.8. The number of halogens is 3. The lowest BCUT2D eigenvalue weighted by molar-refractivity contribution is -0.334. The van der Waals surface area contributed by atoms with Crippen LogP contribution in [0.15, 0.2) is 47.1 Å². The average molecular weight is 698 g/mol. The first kappa shape index (κ1) is 40.0. The van der Waals surface area contributed by atoms with Crippen molar-refractivity contribution >= 4 is 22.5 Å². The third-order valence-electron chi connectivity index (χ3n) is 11.8. The summed E-state index contributed by atoms with van der Waals surface area (Å²) in [5.74, 6) is -1.96. The molecule has 0 bridgehead atoms. The minimum atomic E-state index is -4.65. The van der Waals surface area contributed by atoms with E-state index in [1.54, 1.807) is 0 Å². The van der Waals surface area contributed by atoms with E-state index in [0.29, 0.717) is 11.0 Å². The lowest BCUT2D eigenvalue weighted by atomic mass is 9.64. The Kier molecular flexibility index (Phi) is 11.6. The minimum Gasteiger partial charge on any atom is -0.410 e. The van der Waals surface area contributed by atoms with Gasteiger partial charge in [-0.25, -0.2) is 9.90 Å². The van der Waals surface area contributed by atoms with E-state index in [1.165, 1.54) is 17.6 Å². The predicted molar refractivity (Wildman–Crippen MR) is 191 cm³/mol. The van der Waals surface area contributed by atoms with E-state index in [9.17, 15) is 18.0 Å². The van der Waals surface area contributed by atoms with Crippen LogP contribution in [-0.4, -0.2) is 52.2 Å². The van der Waals surface area contributed by atoms with Gasteiger partial charge >= 0.3 is 6.18 Å². The summed E-state index contributed by atoms with van der Waals surface area (Å²) >= 11 is 0. The summed E-state index contributed by atoms with van der Waals surface area (Å²) in [6.07, 6.45) is 7.19. The van der Waals surface area contributed by atoms with E-state index in [-0.39, 0.29) is 28.3 Å². The number of hydrogen-bond acceptors (Lipinski definition) is 4. The molecule has 0 N–H and O–H groups in total. The van der Waals surface area contributed by atoms with E-state index < -0.39 is 47.2 Å². The number of allylic oxidation sites excluding steroid dienone is 5. The molecule has 47 heavy (non-hydrogen) atoms. The van der Waals surface area contributed by atoms with Gasteiger partial charge < -0.3 is 8.85 Å². The summed E-state index contributed by atoms with van der Waals surface area (Å²) in [4.78, 5) is 19.0. The molecule has 3 rings (SSSR count). The molecule has 0 spiro atoms. The highest BCUT2D eigenvalue weighted by molar-refractivity contribution is 6.74. The van der Waals surface area contributed by atoms with Crippen LogP contribution >= 0.6 is 0 Å². The number of rotatable bonds is 9. The number of hydroxylamine groups is 2. The van der Waals surface area contributed by atoms with Crippen molar-refractivity contribution in [3.8, 4) is 0 Å². The van der Waals surface area contributed by atoms with Crippen LogP contribution in [0.2, 0.25) is 36.3 Å². The number of carbonyl (C=O) groups excluding carboxylic acids is 1. The number of fused-ring (bicyclic) bond motifs is 1. The molecule has 0 aromatic heterocycles. The number of hydrogen-bond donors (Lipinski definition) is 0. The lowest BCUT2D eigenvalue weighted by Gasteiger charge is -2.51. The van der Waals surface area contributed by atoms with Crippen molar-refractivity contribution in [1.29, 1.82) is 0 Å². The van der Waals surface area contributed by atoms with Gasteiger partial charge in [0, 0.05) is 19.8 Å². The molecule has 5 nitrogen and oxygen atoms in total. The highest BCUT2D eigenvalue weighted by Gasteiger charge is 2.54. The third-order valence-corrected chi connectivity index (χ3v) is 20.8. The smallest absolute Gasteiger partial charge is 0.408 e. The fourth-order valence-electron chi connectivity index (χ4n) is 6.92. The van der Waals surface area contributed by atoms with Crippen molar-refractivity contribution in [2.24, 2.45) is 11.3 Å². The summed E-state index contributed by atoms with van der Waals surface area (Å²) in [5, 5.41) is 0.0361. The first-order valence-electron chi connectivity index (χ1n) is 17.4. The van der Waals surface area contributed by atoms with E-state index in [4.69, 9.17) is 13.7 Å². The fraction of sp³-hybridized carbons (Fsp3) is 0.757. The molecule has 10 heteroatoms. The molecule has 3 aliphatic carbocycles. The normalized spacial score (nSPS) is 29.7. The molecule has 0 saturated heterocycles. The zero-order chi connectivity index (χ0) is 36.0. The molecule has 1 amide bonds. The van der Waals surface area contributed by atoms with Crippen LogP contribution in [0.25, 0.3) is 0 Å². The van der Waals surface area contributed by atoms with Crippen LogP contribution in [0.3, 0.4) is 0 Å². The van der Waals surface area contributed by atoms with E-state index in [2.05, 4.69) is 106 Å². The van der Waals surface area contributed by atoms with Crippen LogP contribution in [0.4, 0.5) is 13.2 Å². The van der Waals surface area contributed by atoms with Crippen molar-refractivity contribution in [3.63, 3.8) is 0 Å². The van der Waals surface area contributed by atoms with Crippen molar-refractivity contribution in [1.82, 2.24) is 5.06 Å². The Hall–Kier alpha value is -1.47. The number of amides is 1. The molecular formula is C37H62F3NO4Si2. The van der Waals surface area contributed by atoms with Crippen LogP contribution in [0, 0.1) is 11.3 Å². The van der Waals surface area contributed by atoms with Gasteiger partial charge in [0.2, 0.25) is 5.91 Å². The Morgan fingerprint density at radius 2 is 1.66 bits per heavy atom. The second-order valence-electron chi connectivity index (χ2n) is 17.4. The van der Waals surface area contributed by atoms with E-state index >= 15 is 0 Å². The minimum absolute atomic E-state index is 0.124. The van der Waals surface area contributed by atoms with Gasteiger partial charge in [0.15, 0.2) is 22.4 Å². The SMILES string of the molecule is C=C1C(=CC=C2CCC[C@]3(C)C(CC)=CC[C@@H]23)C[C@@](ON(CC(F)(F)F)C(C)=O)(O[Si](C)(C)C(C)(C)C)C[C@@H]1O[Si](C)(C)C(C)(C)C. The Balaban J connectivity index is 2.19. The van der Waals surface area contributed by atoms with Gasteiger partial charge in [-0.1, -0.05) is 91.3 Å². The zero-order valence-corrected chi connectivity index (χ0v) is 33.5. The van der Waals surface area contributed by atoms with Crippen molar-refractivity contribution in [3.05, 3.63) is 47.1 Å². The Bertz CT molecular complexity index is 1290. The highest BCUT2D eigenvalue weighted by atomic mass is 28.4. The quantitative estimate of drug-likeness (QED) is 0.104. The molecule has 268 valence electrons. The summed E-state index contributed by atoms with van der Waals surface area (Å²) in [6.45, 7) is 29.9. The summed E-state index contributed by atoms with van der Waals surface area (Å²) in [7, 11) is -5.05. The molecule has 2 saturated carbocycles. The van der Waals surface area contributed by atoms with Crippen molar-refractivity contribution in [2.75, 3.05) is 6.54 Å². The number of alkyl halides is 3. The standard InChI is InChI=1S/C37H62F3NO4Si2/c1-15-30-20-21-31-28(17-16-22-35(30,31)10)18-19-29-23-36(45-47(13,14)34(7,8)9,44-41(27(3)42)25-37(38,39)40)24-32(26(29)2)43-46(11,12)33(4,5)6/h18-20,31-32H,2,15-17,21-25H2,1,3-14H3/t31-,32-,35+,36+/m0/s1.